The van der Waals surface area contributed by atoms with Crippen molar-refractivity contribution in [2.75, 3.05) is 0 Å². The molecule has 5 heteroatoms. The minimum Gasteiger partial charge on any atom is -0.348 e. The summed E-state index contributed by atoms with van der Waals surface area (Å²) in [4.78, 5) is 28.4. The standard InChI is InChI=1S/C26H27N3O2/c1-16-14-17(2)28-25(30)22(16)15-27-26(31)24-19(4)29(23-13-9-8-12-21(23)24)18(3)20-10-6-5-7-11-20/h5-14,18H,15H2,1-4H3,(H,27,31)(H,28,30)/t18-/m1/s1. The molecule has 0 spiro atoms. The lowest BCUT2D eigenvalue weighted by Gasteiger charge is -2.18. The second-order valence-corrected chi connectivity index (χ2v) is 8.06. The number of rotatable bonds is 5. The van der Waals surface area contributed by atoms with E-state index in [0.717, 1.165) is 27.9 Å². The third-order valence-corrected chi connectivity index (χ3v) is 5.97. The first kappa shape index (κ1) is 20.7. The molecule has 0 fully saturated rings. The Labute approximate surface area is 181 Å². The summed E-state index contributed by atoms with van der Waals surface area (Å²) in [6.07, 6.45) is 0. The molecule has 158 valence electrons. The predicted octanol–water partition coefficient (Wildman–Crippen LogP) is 4.79. The minimum atomic E-state index is -0.174. The van der Waals surface area contributed by atoms with Crippen molar-refractivity contribution >= 4 is 16.8 Å². The van der Waals surface area contributed by atoms with Gasteiger partial charge in [-0.25, -0.2) is 0 Å². The molecule has 0 radical (unpaired) electrons. The second kappa shape index (κ2) is 8.26. The van der Waals surface area contributed by atoms with Crippen LogP contribution in [0.25, 0.3) is 10.9 Å². The number of carbonyl (C=O) groups excluding carboxylic acids is 1. The van der Waals surface area contributed by atoms with E-state index in [2.05, 4.69) is 33.9 Å². The highest BCUT2D eigenvalue weighted by Crippen LogP contribution is 2.31. The summed E-state index contributed by atoms with van der Waals surface area (Å²) >= 11 is 0. The number of nitrogens with zero attached hydrogens (tertiary/aromatic N) is 1. The summed E-state index contributed by atoms with van der Waals surface area (Å²) in [7, 11) is 0. The molecule has 0 bridgehead atoms. The minimum absolute atomic E-state index is 0.0786. The van der Waals surface area contributed by atoms with Crippen LogP contribution in [0, 0.1) is 20.8 Å². The van der Waals surface area contributed by atoms with E-state index < -0.39 is 0 Å². The van der Waals surface area contributed by atoms with Crippen molar-refractivity contribution in [3.63, 3.8) is 0 Å². The number of benzene rings is 2. The molecule has 2 aromatic heterocycles. The summed E-state index contributed by atoms with van der Waals surface area (Å²) in [6, 6.07) is 20.2. The van der Waals surface area contributed by atoms with Gasteiger partial charge >= 0.3 is 0 Å². The van der Waals surface area contributed by atoms with Crippen LogP contribution >= 0.6 is 0 Å². The largest absolute Gasteiger partial charge is 0.348 e. The first-order valence-electron chi connectivity index (χ1n) is 10.5. The molecule has 2 heterocycles. The van der Waals surface area contributed by atoms with E-state index >= 15 is 0 Å². The molecule has 5 nitrogen and oxygen atoms in total. The van der Waals surface area contributed by atoms with Crippen LogP contribution in [-0.4, -0.2) is 15.5 Å². The number of para-hydroxylation sites is 1. The fourth-order valence-electron chi connectivity index (χ4n) is 4.42. The van der Waals surface area contributed by atoms with Crippen molar-refractivity contribution in [2.24, 2.45) is 0 Å². The van der Waals surface area contributed by atoms with Crippen molar-refractivity contribution in [3.8, 4) is 0 Å². The predicted molar refractivity (Wildman–Crippen MR) is 125 cm³/mol. The highest BCUT2D eigenvalue weighted by molar-refractivity contribution is 6.08. The number of hydrogen-bond acceptors (Lipinski definition) is 2. The SMILES string of the molecule is Cc1cc(C)c(CNC(=O)c2c(C)n([C@H](C)c3ccccc3)c3ccccc23)c(=O)[nH]1. The van der Waals surface area contributed by atoms with Crippen molar-refractivity contribution in [1.29, 1.82) is 0 Å². The van der Waals surface area contributed by atoms with Crippen LogP contribution in [0.3, 0.4) is 0 Å². The maximum Gasteiger partial charge on any atom is 0.254 e. The summed E-state index contributed by atoms with van der Waals surface area (Å²) < 4.78 is 2.21. The molecule has 2 N–H and O–H groups in total. The number of fused-ring (bicyclic) bond motifs is 1. The van der Waals surface area contributed by atoms with Crippen LogP contribution < -0.4 is 10.9 Å². The lowest BCUT2D eigenvalue weighted by Crippen LogP contribution is -2.28. The summed E-state index contributed by atoms with van der Waals surface area (Å²) in [5, 5.41) is 3.88. The van der Waals surface area contributed by atoms with Crippen LogP contribution in [0.4, 0.5) is 0 Å². The smallest absolute Gasteiger partial charge is 0.254 e. The number of H-pyrrole nitrogens is 1. The summed E-state index contributed by atoms with van der Waals surface area (Å²) in [6.45, 7) is 8.06. The Morgan fingerprint density at radius 1 is 1.03 bits per heavy atom. The lowest BCUT2D eigenvalue weighted by atomic mass is 10.1. The maximum atomic E-state index is 13.3. The number of pyridine rings is 1. The molecular formula is C26H27N3O2. The van der Waals surface area contributed by atoms with E-state index in [-0.39, 0.29) is 24.1 Å². The molecule has 4 aromatic rings. The Bertz CT molecular complexity index is 1320. The molecular weight excluding hydrogens is 386 g/mol. The zero-order valence-electron chi connectivity index (χ0n) is 18.3. The number of carbonyl (C=O) groups is 1. The van der Waals surface area contributed by atoms with Gasteiger partial charge in [0.15, 0.2) is 0 Å². The average Bonchev–Trinajstić information content (AvgIpc) is 3.04. The number of amides is 1. The van der Waals surface area contributed by atoms with Gasteiger partial charge < -0.3 is 14.9 Å². The van der Waals surface area contributed by atoms with Gasteiger partial charge in [-0.3, -0.25) is 9.59 Å². The van der Waals surface area contributed by atoms with Gasteiger partial charge in [0.2, 0.25) is 0 Å². The summed E-state index contributed by atoms with van der Waals surface area (Å²) in [5.41, 5.74) is 5.87. The van der Waals surface area contributed by atoms with Gasteiger partial charge in [-0.15, -0.1) is 0 Å². The third-order valence-electron chi connectivity index (χ3n) is 5.97. The van der Waals surface area contributed by atoms with E-state index in [1.807, 2.05) is 69.3 Å². The van der Waals surface area contributed by atoms with Gasteiger partial charge in [-0.2, -0.15) is 0 Å². The number of aromatic nitrogens is 2. The molecule has 2 aromatic carbocycles. The van der Waals surface area contributed by atoms with Crippen molar-refractivity contribution < 1.29 is 4.79 Å². The fraction of sp³-hybridized carbons (Fsp3) is 0.231. The van der Waals surface area contributed by atoms with Crippen LogP contribution in [0.5, 0.6) is 0 Å². The van der Waals surface area contributed by atoms with Gasteiger partial charge in [-0.05, 0) is 51.0 Å². The van der Waals surface area contributed by atoms with E-state index in [1.54, 1.807) is 0 Å². The normalized spacial score (nSPS) is 12.1. The van der Waals surface area contributed by atoms with Crippen LogP contribution in [0.1, 0.15) is 51.4 Å². The number of hydrogen-bond donors (Lipinski definition) is 2. The zero-order chi connectivity index (χ0) is 22.1. The van der Waals surface area contributed by atoms with Gasteiger partial charge in [0.1, 0.15) is 0 Å². The number of nitrogens with one attached hydrogen (secondary N) is 2. The van der Waals surface area contributed by atoms with Crippen molar-refractivity contribution in [3.05, 3.63) is 105 Å². The quantitative estimate of drug-likeness (QED) is 0.494. The number of aryl methyl sites for hydroxylation is 2. The molecule has 0 unspecified atom stereocenters. The first-order chi connectivity index (χ1) is 14.9. The van der Waals surface area contributed by atoms with Crippen LogP contribution in [0.15, 0.2) is 65.5 Å². The van der Waals surface area contributed by atoms with E-state index in [0.29, 0.717) is 11.1 Å². The Hall–Kier alpha value is -3.60. The molecule has 0 saturated heterocycles. The first-order valence-corrected chi connectivity index (χ1v) is 10.5. The molecule has 0 aliphatic heterocycles. The Morgan fingerprint density at radius 3 is 2.42 bits per heavy atom. The molecule has 1 atom stereocenters. The monoisotopic (exact) mass is 413 g/mol. The Morgan fingerprint density at radius 2 is 1.71 bits per heavy atom. The number of aromatic amines is 1. The third kappa shape index (κ3) is 3.79. The molecule has 1 amide bonds. The molecule has 0 aliphatic rings. The zero-order valence-corrected chi connectivity index (χ0v) is 18.3. The molecule has 0 aliphatic carbocycles. The van der Waals surface area contributed by atoms with E-state index in [1.165, 1.54) is 5.56 Å². The van der Waals surface area contributed by atoms with Gasteiger partial charge in [0, 0.05) is 34.4 Å². The summed E-state index contributed by atoms with van der Waals surface area (Å²) in [5.74, 6) is -0.174. The molecule has 0 saturated carbocycles. The Balaban J connectivity index is 1.72. The highest BCUT2D eigenvalue weighted by atomic mass is 16.2. The van der Waals surface area contributed by atoms with E-state index in [4.69, 9.17) is 0 Å². The highest BCUT2D eigenvalue weighted by Gasteiger charge is 2.23. The van der Waals surface area contributed by atoms with Gasteiger partial charge in [0.05, 0.1) is 11.6 Å². The molecule has 4 rings (SSSR count). The maximum absolute atomic E-state index is 13.3. The van der Waals surface area contributed by atoms with E-state index in [9.17, 15) is 9.59 Å². The average molecular weight is 414 g/mol. The van der Waals surface area contributed by atoms with Crippen LogP contribution in [0.2, 0.25) is 0 Å². The van der Waals surface area contributed by atoms with Crippen molar-refractivity contribution in [2.45, 2.75) is 40.3 Å². The topological polar surface area (TPSA) is 66.9 Å². The Kier molecular flexibility index (Phi) is 5.51. The van der Waals surface area contributed by atoms with Crippen molar-refractivity contribution in [1.82, 2.24) is 14.9 Å². The second-order valence-electron chi connectivity index (χ2n) is 8.06. The lowest BCUT2D eigenvalue weighted by molar-refractivity contribution is 0.0951. The van der Waals surface area contributed by atoms with Crippen LogP contribution in [-0.2, 0) is 6.54 Å². The fourth-order valence-corrected chi connectivity index (χ4v) is 4.42. The van der Waals surface area contributed by atoms with Gasteiger partial charge in [0.25, 0.3) is 11.5 Å². The molecule has 31 heavy (non-hydrogen) atoms. The van der Waals surface area contributed by atoms with Gasteiger partial charge in [-0.1, -0.05) is 48.5 Å².